The molecule has 1 fully saturated rings. The fraction of sp³-hybridized carbons (Fsp3) is 0.231. The van der Waals surface area contributed by atoms with E-state index >= 15 is 0 Å². The van der Waals surface area contributed by atoms with Gasteiger partial charge in [0.05, 0.1) is 19.9 Å². The van der Waals surface area contributed by atoms with Gasteiger partial charge in [-0.15, -0.1) is 0 Å². The third kappa shape index (κ3) is 5.23. The van der Waals surface area contributed by atoms with Gasteiger partial charge in [0, 0.05) is 23.8 Å². The van der Waals surface area contributed by atoms with Crippen molar-refractivity contribution in [2.45, 2.75) is 13.3 Å². The van der Waals surface area contributed by atoms with E-state index in [4.69, 9.17) is 38.4 Å². The van der Waals surface area contributed by atoms with Crippen LogP contribution in [0.4, 0.5) is 0 Å². The Bertz CT molecular complexity index is 1280. The first-order valence-corrected chi connectivity index (χ1v) is 12.0. The van der Waals surface area contributed by atoms with Crippen molar-refractivity contribution in [3.63, 3.8) is 0 Å². The number of ether oxygens (including phenoxy) is 2. The second-order valence-electron chi connectivity index (χ2n) is 8.06. The fourth-order valence-electron chi connectivity index (χ4n) is 3.94. The molecule has 34 heavy (non-hydrogen) atoms. The van der Waals surface area contributed by atoms with Crippen molar-refractivity contribution < 1.29 is 9.47 Å². The van der Waals surface area contributed by atoms with Crippen LogP contribution in [0.1, 0.15) is 5.82 Å². The van der Waals surface area contributed by atoms with Gasteiger partial charge in [-0.05, 0) is 59.7 Å². The lowest BCUT2D eigenvalue weighted by Crippen LogP contribution is -2.37. The van der Waals surface area contributed by atoms with Gasteiger partial charge in [-0.3, -0.25) is 9.47 Å². The van der Waals surface area contributed by atoms with Crippen LogP contribution in [0.25, 0.3) is 16.8 Å². The maximum absolute atomic E-state index is 6.12. The van der Waals surface area contributed by atoms with E-state index in [2.05, 4.69) is 29.2 Å². The fourth-order valence-corrected chi connectivity index (χ4v) is 4.38. The maximum atomic E-state index is 6.12. The van der Waals surface area contributed by atoms with Crippen molar-refractivity contribution in [3.8, 4) is 22.6 Å². The third-order valence-electron chi connectivity index (χ3n) is 5.76. The molecule has 0 aliphatic carbocycles. The van der Waals surface area contributed by atoms with Crippen LogP contribution in [-0.4, -0.2) is 45.6 Å². The Kier molecular flexibility index (Phi) is 7.06. The molecule has 2 heterocycles. The monoisotopic (exact) mass is 492 g/mol. The molecule has 0 N–H and O–H groups in total. The number of benzene rings is 3. The lowest BCUT2D eigenvalue weighted by atomic mass is 10.1. The molecule has 174 valence electrons. The molecule has 0 radical (unpaired) electrons. The Morgan fingerprint density at radius 3 is 2.26 bits per heavy atom. The Morgan fingerprint density at radius 2 is 1.56 bits per heavy atom. The highest BCUT2D eigenvalue weighted by Gasteiger charge is 2.17. The molecule has 0 saturated carbocycles. The Morgan fingerprint density at radius 1 is 0.882 bits per heavy atom. The Labute approximate surface area is 208 Å². The van der Waals surface area contributed by atoms with E-state index in [1.165, 1.54) is 5.56 Å². The third-order valence-corrected chi connectivity index (χ3v) is 6.40. The minimum Gasteiger partial charge on any atom is -0.486 e. The predicted octanol–water partition coefficient (Wildman–Crippen LogP) is 5.59. The number of nitrogens with zero attached hydrogens (tertiary/aromatic N) is 4. The zero-order valence-electron chi connectivity index (χ0n) is 18.6. The van der Waals surface area contributed by atoms with E-state index in [0.717, 1.165) is 49.1 Å². The van der Waals surface area contributed by atoms with Crippen molar-refractivity contribution in [3.05, 3.63) is 94.5 Å². The number of morpholine rings is 1. The van der Waals surface area contributed by atoms with Gasteiger partial charge in [-0.1, -0.05) is 54.1 Å². The second-order valence-corrected chi connectivity index (χ2v) is 8.86. The van der Waals surface area contributed by atoms with E-state index in [9.17, 15) is 0 Å². The molecule has 0 unspecified atom stereocenters. The summed E-state index contributed by atoms with van der Waals surface area (Å²) in [7, 11) is 0. The normalized spacial score (nSPS) is 14.3. The zero-order chi connectivity index (χ0) is 23.3. The minimum atomic E-state index is 0.285. The van der Waals surface area contributed by atoms with Crippen LogP contribution < -0.4 is 4.74 Å². The molecule has 3 aromatic carbocycles. The van der Waals surface area contributed by atoms with Gasteiger partial charge in [0.2, 0.25) is 4.77 Å². The largest absolute Gasteiger partial charge is 0.486 e. The molecule has 1 aliphatic heterocycles. The number of rotatable bonds is 7. The smallest absolute Gasteiger partial charge is 0.203 e. The zero-order valence-corrected chi connectivity index (χ0v) is 20.2. The summed E-state index contributed by atoms with van der Waals surface area (Å²) in [4.78, 5) is 2.28. The average Bonchev–Trinajstić information content (AvgIpc) is 3.19. The summed E-state index contributed by atoms with van der Waals surface area (Å²) >= 11 is 11.9. The first-order chi connectivity index (χ1) is 16.7. The molecule has 1 saturated heterocycles. The van der Waals surface area contributed by atoms with E-state index in [1.807, 2.05) is 63.8 Å². The number of aromatic nitrogens is 3. The van der Waals surface area contributed by atoms with E-state index in [0.29, 0.717) is 16.5 Å². The Hall–Kier alpha value is -2.97. The summed E-state index contributed by atoms with van der Waals surface area (Å²) in [6.07, 6.45) is 0. The summed E-state index contributed by atoms with van der Waals surface area (Å²) in [5.41, 5.74) is 3.22. The molecule has 0 bridgehead atoms. The van der Waals surface area contributed by atoms with Crippen LogP contribution in [0.5, 0.6) is 5.75 Å². The lowest BCUT2D eigenvalue weighted by molar-refractivity contribution is 0.0209. The van der Waals surface area contributed by atoms with Gasteiger partial charge in [-0.2, -0.15) is 5.10 Å². The summed E-state index contributed by atoms with van der Waals surface area (Å²) in [5, 5.41) is 5.49. The second kappa shape index (κ2) is 10.5. The molecule has 5 rings (SSSR count). The number of halogens is 1. The summed E-state index contributed by atoms with van der Waals surface area (Å²) in [6, 6.07) is 26.0. The molecular formula is C26H25ClN4O2S. The summed E-state index contributed by atoms with van der Waals surface area (Å²) in [6.45, 7) is 4.05. The molecule has 4 aromatic rings. The molecule has 0 amide bonds. The highest BCUT2D eigenvalue weighted by Crippen LogP contribution is 2.23. The first kappa shape index (κ1) is 22.8. The molecule has 6 nitrogen and oxygen atoms in total. The summed E-state index contributed by atoms with van der Waals surface area (Å²) < 4.78 is 16.0. The topological polar surface area (TPSA) is 44.4 Å². The van der Waals surface area contributed by atoms with E-state index < -0.39 is 0 Å². The molecule has 1 aliphatic rings. The summed E-state index contributed by atoms with van der Waals surface area (Å²) in [5.74, 6) is 1.50. The van der Waals surface area contributed by atoms with E-state index in [1.54, 1.807) is 0 Å². The van der Waals surface area contributed by atoms with Crippen LogP contribution in [-0.2, 0) is 18.0 Å². The van der Waals surface area contributed by atoms with Gasteiger partial charge < -0.3 is 9.47 Å². The average molecular weight is 493 g/mol. The quantitative estimate of drug-likeness (QED) is 0.314. The van der Waals surface area contributed by atoms with Crippen molar-refractivity contribution in [2.75, 3.05) is 26.3 Å². The van der Waals surface area contributed by atoms with Gasteiger partial charge in [0.25, 0.3) is 0 Å². The molecule has 0 spiro atoms. The van der Waals surface area contributed by atoms with Crippen molar-refractivity contribution in [1.29, 1.82) is 0 Å². The molecule has 8 heteroatoms. The van der Waals surface area contributed by atoms with E-state index in [-0.39, 0.29) is 6.61 Å². The highest BCUT2D eigenvalue weighted by molar-refractivity contribution is 7.71. The molecule has 1 aromatic heterocycles. The van der Waals surface area contributed by atoms with Crippen molar-refractivity contribution in [1.82, 2.24) is 19.2 Å². The predicted molar refractivity (Wildman–Crippen MR) is 136 cm³/mol. The minimum absolute atomic E-state index is 0.285. The number of hydrogen-bond donors (Lipinski definition) is 0. The van der Waals surface area contributed by atoms with Crippen LogP contribution in [0, 0.1) is 4.77 Å². The Balaban J connectivity index is 1.38. The van der Waals surface area contributed by atoms with Crippen molar-refractivity contribution in [2.24, 2.45) is 0 Å². The molecule has 0 atom stereocenters. The van der Waals surface area contributed by atoms with Crippen LogP contribution in [0.15, 0.2) is 78.9 Å². The van der Waals surface area contributed by atoms with Gasteiger partial charge in [0.1, 0.15) is 12.4 Å². The molecular weight excluding hydrogens is 468 g/mol. The van der Waals surface area contributed by atoms with Crippen LogP contribution in [0.3, 0.4) is 0 Å². The van der Waals surface area contributed by atoms with Gasteiger partial charge >= 0.3 is 0 Å². The lowest BCUT2D eigenvalue weighted by Gasteiger charge is -2.26. The standard InChI is InChI=1S/C26H25ClN4O2S/c27-22-8-10-23(11-9-22)31-25(28-30(26(31)34)19-29-14-16-32-17-15-29)18-33-24-12-6-21(7-13-24)20-4-2-1-3-5-20/h1-13H,14-19H2. The number of hydrogen-bond acceptors (Lipinski definition) is 5. The van der Waals surface area contributed by atoms with Gasteiger partial charge in [0.15, 0.2) is 5.82 Å². The van der Waals surface area contributed by atoms with Crippen LogP contribution in [0.2, 0.25) is 5.02 Å². The maximum Gasteiger partial charge on any atom is 0.203 e. The highest BCUT2D eigenvalue weighted by atomic mass is 35.5. The SMILES string of the molecule is S=c1n(CN2CCOCC2)nc(COc2ccc(-c3ccccc3)cc2)n1-c1ccc(Cl)cc1. The van der Waals surface area contributed by atoms with Crippen molar-refractivity contribution >= 4 is 23.8 Å². The van der Waals surface area contributed by atoms with Gasteiger partial charge in [-0.25, -0.2) is 4.68 Å². The first-order valence-electron chi connectivity index (χ1n) is 11.2. The van der Waals surface area contributed by atoms with Crippen LogP contribution >= 0.6 is 23.8 Å².